The van der Waals surface area contributed by atoms with Crippen LogP contribution in [-0.4, -0.2) is 32.3 Å². The minimum Gasteiger partial charge on any atom is -0.468 e. The van der Waals surface area contributed by atoms with Crippen molar-refractivity contribution in [3.05, 3.63) is 0 Å². The van der Waals surface area contributed by atoms with E-state index < -0.39 is 24.6 Å². The molecule has 0 rings (SSSR count). The zero-order valence-electron chi connectivity index (χ0n) is 6.73. The normalized spacial score (nSPS) is 14.1. The number of alkyl halides is 3. The number of nitrogens with one attached hydrogen (secondary N) is 1. The maximum absolute atomic E-state index is 11.7. The van der Waals surface area contributed by atoms with Crippen LogP contribution in [0, 0.1) is 0 Å². The predicted octanol–water partition coefficient (Wildman–Crippen LogP) is 0.700. The van der Waals surface area contributed by atoms with Gasteiger partial charge < -0.3 is 10.1 Å². The van der Waals surface area contributed by atoms with Crippen LogP contribution in [-0.2, 0) is 9.53 Å². The van der Waals surface area contributed by atoms with Gasteiger partial charge in [0.25, 0.3) is 0 Å². The van der Waals surface area contributed by atoms with Gasteiger partial charge in [-0.1, -0.05) is 0 Å². The Kier molecular flexibility index (Phi) is 4.02. The van der Waals surface area contributed by atoms with Crippen LogP contribution in [0.2, 0.25) is 0 Å². The number of esters is 1. The number of ether oxygens (including phenoxy) is 1. The van der Waals surface area contributed by atoms with E-state index in [1.807, 2.05) is 0 Å². The second-order valence-corrected chi connectivity index (χ2v) is 2.18. The van der Waals surface area contributed by atoms with E-state index >= 15 is 0 Å². The Hall–Kier alpha value is -0.780. The Morgan fingerprint density at radius 3 is 2.33 bits per heavy atom. The fourth-order valence-electron chi connectivity index (χ4n) is 0.677. The first-order valence-electron chi connectivity index (χ1n) is 3.22. The van der Waals surface area contributed by atoms with Crippen LogP contribution in [0.25, 0.3) is 0 Å². The van der Waals surface area contributed by atoms with Gasteiger partial charge in [0, 0.05) is 0 Å². The maximum atomic E-state index is 11.7. The molecule has 0 aliphatic heterocycles. The zero-order chi connectivity index (χ0) is 9.78. The molecule has 1 N–H and O–H groups in total. The highest BCUT2D eigenvalue weighted by Crippen LogP contribution is 2.21. The first-order valence-corrected chi connectivity index (χ1v) is 3.22. The zero-order valence-corrected chi connectivity index (χ0v) is 6.73. The Labute approximate surface area is 67.9 Å². The van der Waals surface area contributed by atoms with Crippen LogP contribution in [0.4, 0.5) is 13.2 Å². The van der Waals surface area contributed by atoms with Gasteiger partial charge in [0.15, 0.2) is 0 Å². The maximum Gasteiger partial charge on any atom is 0.391 e. The molecule has 12 heavy (non-hydrogen) atoms. The highest BCUT2D eigenvalue weighted by molar-refractivity contribution is 5.75. The Morgan fingerprint density at radius 2 is 2.08 bits per heavy atom. The van der Waals surface area contributed by atoms with E-state index in [1.54, 1.807) is 0 Å². The lowest BCUT2D eigenvalue weighted by molar-refractivity contribution is -0.160. The number of likely N-dealkylation sites (N-methyl/N-ethyl adjacent to an activating group) is 1. The van der Waals surface area contributed by atoms with Crippen molar-refractivity contribution in [1.29, 1.82) is 0 Å². The second kappa shape index (κ2) is 4.30. The summed E-state index contributed by atoms with van der Waals surface area (Å²) >= 11 is 0. The third-order valence-electron chi connectivity index (χ3n) is 1.27. The summed E-state index contributed by atoms with van der Waals surface area (Å²) in [5.74, 6) is -0.908. The second-order valence-electron chi connectivity index (χ2n) is 2.18. The molecule has 0 aliphatic carbocycles. The molecule has 0 aliphatic rings. The lowest BCUT2D eigenvalue weighted by Crippen LogP contribution is -2.38. The molecule has 0 heterocycles. The monoisotopic (exact) mass is 185 g/mol. The van der Waals surface area contributed by atoms with Gasteiger partial charge in [-0.05, 0) is 7.05 Å². The number of carbonyl (C=O) groups is 1. The van der Waals surface area contributed by atoms with E-state index in [-0.39, 0.29) is 0 Å². The fourth-order valence-corrected chi connectivity index (χ4v) is 0.677. The van der Waals surface area contributed by atoms with Gasteiger partial charge in [-0.25, -0.2) is 0 Å². The number of halogens is 3. The highest BCUT2D eigenvalue weighted by atomic mass is 19.4. The molecule has 6 heteroatoms. The minimum absolute atomic E-state index is 0.908. The van der Waals surface area contributed by atoms with Crippen molar-refractivity contribution in [2.75, 3.05) is 14.2 Å². The van der Waals surface area contributed by atoms with Crippen molar-refractivity contribution < 1.29 is 22.7 Å². The van der Waals surface area contributed by atoms with Gasteiger partial charge in [0.2, 0.25) is 0 Å². The smallest absolute Gasteiger partial charge is 0.391 e. The van der Waals surface area contributed by atoms with Gasteiger partial charge in [0.1, 0.15) is 6.04 Å². The lowest BCUT2D eigenvalue weighted by Gasteiger charge is -2.14. The lowest BCUT2D eigenvalue weighted by atomic mass is 10.2. The Morgan fingerprint density at radius 1 is 1.58 bits per heavy atom. The summed E-state index contributed by atoms with van der Waals surface area (Å²) in [5, 5.41) is 2.21. The molecule has 0 aromatic rings. The van der Waals surface area contributed by atoms with E-state index in [4.69, 9.17) is 0 Å². The molecule has 0 bridgehead atoms. The third-order valence-corrected chi connectivity index (χ3v) is 1.27. The number of rotatable bonds is 3. The molecule has 0 fully saturated rings. The summed E-state index contributed by atoms with van der Waals surface area (Å²) in [6.07, 6.45) is -5.57. The topological polar surface area (TPSA) is 38.3 Å². The Balaban J connectivity index is 4.09. The van der Waals surface area contributed by atoms with Gasteiger partial charge in [-0.15, -0.1) is 0 Å². The molecule has 0 saturated carbocycles. The number of methoxy groups -OCH3 is 1. The van der Waals surface area contributed by atoms with Crippen LogP contribution < -0.4 is 5.32 Å². The molecule has 0 aromatic heterocycles. The van der Waals surface area contributed by atoms with Crippen molar-refractivity contribution in [3.63, 3.8) is 0 Å². The van der Waals surface area contributed by atoms with E-state index in [0.717, 1.165) is 7.11 Å². The molecule has 72 valence electrons. The van der Waals surface area contributed by atoms with Crippen molar-refractivity contribution in [1.82, 2.24) is 5.32 Å². The summed E-state index contributed by atoms with van der Waals surface area (Å²) in [6.45, 7) is 0. The summed E-state index contributed by atoms with van der Waals surface area (Å²) in [6, 6.07) is -1.31. The first-order chi connectivity index (χ1) is 5.40. The van der Waals surface area contributed by atoms with Crippen molar-refractivity contribution >= 4 is 5.97 Å². The molecular weight excluding hydrogens is 175 g/mol. The largest absolute Gasteiger partial charge is 0.468 e. The van der Waals surface area contributed by atoms with E-state index in [0.29, 0.717) is 0 Å². The van der Waals surface area contributed by atoms with Crippen molar-refractivity contribution in [2.45, 2.75) is 18.6 Å². The van der Waals surface area contributed by atoms with E-state index in [1.165, 1.54) is 7.05 Å². The third kappa shape index (κ3) is 4.17. The summed E-state index contributed by atoms with van der Waals surface area (Å²) in [7, 11) is 2.32. The van der Waals surface area contributed by atoms with Crippen molar-refractivity contribution in [2.24, 2.45) is 0 Å². The molecule has 3 nitrogen and oxygen atoms in total. The number of carbonyl (C=O) groups excluding carboxylic acids is 1. The molecule has 0 radical (unpaired) electrons. The van der Waals surface area contributed by atoms with Gasteiger partial charge in [-0.2, -0.15) is 13.2 Å². The van der Waals surface area contributed by atoms with Gasteiger partial charge >= 0.3 is 12.1 Å². The first kappa shape index (κ1) is 11.2. The molecule has 1 atom stereocenters. The van der Waals surface area contributed by atoms with Gasteiger partial charge in [-0.3, -0.25) is 4.79 Å². The molecule has 0 amide bonds. The highest BCUT2D eigenvalue weighted by Gasteiger charge is 2.34. The number of hydrogen-bond acceptors (Lipinski definition) is 3. The van der Waals surface area contributed by atoms with Crippen LogP contribution in [0.1, 0.15) is 6.42 Å². The summed E-state index contributed by atoms with van der Waals surface area (Å²) in [4.78, 5) is 10.6. The average molecular weight is 185 g/mol. The average Bonchev–Trinajstić information content (AvgIpc) is 1.97. The Bertz CT molecular complexity index is 157. The quantitative estimate of drug-likeness (QED) is 0.658. The van der Waals surface area contributed by atoms with E-state index in [9.17, 15) is 18.0 Å². The van der Waals surface area contributed by atoms with E-state index in [2.05, 4.69) is 10.1 Å². The van der Waals surface area contributed by atoms with Crippen LogP contribution in [0.15, 0.2) is 0 Å². The van der Waals surface area contributed by atoms with Crippen LogP contribution in [0.3, 0.4) is 0 Å². The molecular formula is C6H10F3NO2. The van der Waals surface area contributed by atoms with Crippen LogP contribution >= 0.6 is 0 Å². The fraction of sp³-hybridized carbons (Fsp3) is 0.833. The van der Waals surface area contributed by atoms with Gasteiger partial charge in [0.05, 0.1) is 13.5 Å². The minimum atomic E-state index is -4.36. The standard InChI is InChI=1S/C6H10F3NO2/c1-10-4(5(11)12-2)3-6(7,8)9/h4,10H,3H2,1-2H3/t4-/m1/s1. The van der Waals surface area contributed by atoms with Crippen molar-refractivity contribution in [3.8, 4) is 0 Å². The molecule has 0 aromatic carbocycles. The molecule has 0 spiro atoms. The SMILES string of the molecule is CN[C@H](CC(F)(F)F)C(=O)OC. The summed E-state index contributed by atoms with van der Waals surface area (Å²) in [5.41, 5.74) is 0. The number of hydrogen-bond donors (Lipinski definition) is 1. The van der Waals surface area contributed by atoms with Crippen LogP contribution in [0.5, 0.6) is 0 Å². The molecule has 0 unspecified atom stereocenters. The predicted molar refractivity (Wildman–Crippen MR) is 35.5 cm³/mol. The summed E-state index contributed by atoms with van der Waals surface area (Å²) < 4.78 is 39.4. The molecule has 0 saturated heterocycles.